The van der Waals surface area contributed by atoms with Crippen LogP contribution in [-0.2, 0) is 39.9 Å². The summed E-state index contributed by atoms with van der Waals surface area (Å²) in [4.78, 5) is 16.8. The van der Waals surface area contributed by atoms with Gasteiger partial charge in [-0.3, -0.25) is 9.80 Å². The zero-order chi connectivity index (χ0) is 29.0. The van der Waals surface area contributed by atoms with E-state index in [0.717, 1.165) is 67.4 Å². The highest BCUT2D eigenvalue weighted by Crippen LogP contribution is 2.43. The van der Waals surface area contributed by atoms with Gasteiger partial charge < -0.3 is 33.2 Å². The molecule has 0 aromatic heterocycles. The first-order chi connectivity index (χ1) is 20.2. The first-order valence-electron chi connectivity index (χ1n) is 15.0. The number of hydrogen-bond donors (Lipinski definition) is 0. The Balaban J connectivity index is 0.000000142. The third kappa shape index (κ3) is 5.14. The Hall–Kier alpha value is -3.21. The van der Waals surface area contributed by atoms with Gasteiger partial charge in [0.2, 0.25) is 13.6 Å². The Kier molecular flexibility index (Phi) is 7.11. The van der Waals surface area contributed by atoms with Crippen LogP contribution in [0, 0.1) is 0 Å². The molecule has 0 radical (unpaired) electrons. The molecule has 0 bridgehead atoms. The number of hydrogen-bond acceptors (Lipinski definition) is 9. The minimum Gasteiger partial charge on any atom is -0.454 e. The number of fused-ring (bicyclic) bond motifs is 8. The van der Waals surface area contributed by atoms with E-state index in [4.69, 9.17) is 33.2 Å². The van der Waals surface area contributed by atoms with Gasteiger partial charge in [0.25, 0.3) is 0 Å². The molecule has 8 rings (SSSR count). The predicted molar refractivity (Wildman–Crippen MR) is 153 cm³/mol. The number of likely N-dealkylation sites (N-methyl/N-ethyl adjacent to an activating group) is 1. The Morgan fingerprint density at radius 3 is 1.90 bits per heavy atom. The van der Waals surface area contributed by atoms with Gasteiger partial charge in [-0.15, -0.1) is 0 Å². The smallest absolute Gasteiger partial charge is 0.410 e. The van der Waals surface area contributed by atoms with Crippen LogP contribution in [0.2, 0.25) is 0 Å². The molecular weight excluding hydrogens is 540 g/mol. The minimum atomic E-state index is -0.497. The second-order valence-corrected chi connectivity index (χ2v) is 12.8. The minimum absolute atomic E-state index is 0.00136. The summed E-state index contributed by atoms with van der Waals surface area (Å²) in [5.41, 5.74) is 4.53. The fourth-order valence-corrected chi connectivity index (χ4v) is 6.98. The highest BCUT2D eigenvalue weighted by molar-refractivity contribution is 5.69. The van der Waals surface area contributed by atoms with Crippen LogP contribution in [0.3, 0.4) is 0 Å². The van der Waals surface area contributed by atoms with Gasteiger partial charge in [0, 0.05) is 43.1 Å². The molecule has 10 heteroatoms. The van der Waals surface area contributed by atoms with Crippen molar-refractivity contribution in [2.24, 2.45) is 0 Å². The van der Waals surface area contributed by atoms with Gasteiger partial charge in [0.1, 0.15) is 5.60 Å². The standard InChI is InChI=1S/C18H23NO5.C14H17NO3/c1-18(2,3)24-17(20)19-6-7-21-15-9-12-11(8-13(15)19)4-5-14-16(12)23-10-22-14;1-15-4-5-16-13-7-10-9(6-11(13)15)2-3-12-14(10)18-8-17-12/h4-5,13,15H,6-10H2,1-3H3;2-3,11,13H,4-8H2,1H3/t13-,15-;11-,13-/m11/s1. The SMILES string of the molecule is CC(C)(C)OC(=O)N1CCO[C@@H]2Cc3c(ccc4c3OCO4)C[C@H]21.CN1CCO[C@@H]2Cc3c(ccc4c3OCO4)C[C@H]21. The second-order valence-electron chi connectivity index (χ2n) is 12.8. The van der Waals surface area contributed by atoms with Crippen molar-refractivity contribution in [2.75, 3.05) is 46.9 Å². The van der Waals surface area contributed by atoms with Gasteiger partial charge in [-0.1, -0.05) is 12.1 Å². The van der Waals surface area contributed by atoms with Crippen molar-refractivity contribution < 1.29 is 38.0 Å². The lowest BCUT2D eigenvalue weighted by atomic mass is 9.84. The van der Waals surface area contributed by atoms with E-state index < -0.39 is 5.60 Å². The monoisotopic (exact) mass is 580 g/mol. The summed E-state index contributed by atoms with van der Waals surface area (Å²) < 4.78 is 39.6. The summed E-state index contributed by atoms with van der Waals surface area (Å²) in [6.45, 7) is 9.24. The summed E-state index contributed by atoms with van der Waals surface area (Å²) >= 11 is 0. The highest BCUT2D eigenvalue weighted by atomic mass is 16.7. The first kappa shape index (κ1) is 27.6. The lowest BCUT2D eigenvalue weighted by Crippen LogP contribution is -2.57. The lowest BCUT2D eigenvalue weighted by molar-refractivity contribution is -0.0783. The number of amides is 1. The average Bonchev–Trinajstić information content (AvgIpc) is 3.65. The quantitative estimate of drug-likeness (QED) is 0.463. The summed E-state index contributed by atoms with van der Waals surface area (Å²) in [7, 11) is 2.19. The molecule has 4 aliphatic heterocycles. The summed E-state index contributed by atoms with van der Waals surface area (Å²) in [5, 5.41) is 0. The van der Waals surface area contributed by atoms with Crippen molar-refractivity contribution in [1.82, 2.24) is 9.80 Å². The molecule has 4 heterocycles. The second kappa shape index (κ2) is 10.8. The van der Waals surface area contributed by atoms with E-state index in [1.54, 1.807) is 0 Å². The van der Waals surface area contributed by atoms with Crippen LogP contribution in [0.1, 0.15) is 43.0 Å². The van der Waals surface area contributed by atoms with Gasteiger partial charge in [0.05, 0.1) is 31.5 Å². The predicted octanol–water partition coefficient (Wildman–Crippen LogP) is 3.73. The summed E-state index contributed by atoms with van der Waals surface area (Å²) in [6.07, 6.45) is 3.47. The van der Waals surface area contributed by atoms with Crippen molar-refractivity contribution in [2.45, 2.75) is 76.3 Å². The summed E-state index contributed by atoms with van der Waals surface area (Å²) in [6, 6.07) is 8.74. The molecular formula is C32H40N2O8. The van der Waals surface area contributed by atoms with Crippen molar-refractivity contribution in [3.8, 4) is 23.0 Å². The normalized spacial score (nSPS) is 27.1. The zero-order valence-corrected chi connectivity index (χ0v) is 24.9. The molecule has 4 atom stereocenters. The number of morpholine rings is 2. The third-order valence-corrected chi connectivity index (χ3v) is 9.04. The molecule has 0 N–H and O–H groups in total. The maximum absolute atomic E-state index is 12.6. The third-order valence-electron chi connectivity index (χ3n) is 9.04. The summed E-state index contributed by atoms with van der Waals surface area (Å²) in [5.74, 6) is 3.47. The van der Waals surface area contributed by atoms with Crippen LogP contribution in [-0.4, -0.2) is 92.7 Å². The number of carbonyl (C=O) groups excluding carboxylic acids is 1. The van der Waals surface area contributed by atoms with E-state index in [2.05, 4.69) is 24.1 Å². The molecule has 0 unspecified atom stereocenters. The maximum Gasteiger partial charge on any atom is 0.410 e. The molecule has 2 aromatic carbocycles. The molecule has 6 aliphatic rings. The number of rotatable bonds is 0. The van der Waals surface area contributed by atoms with Crippen molar-refractivity contribution in [1.29, 1.82) is 0 Å². The van der Waals surface area contributed by atoms with E-state index in [-0.39, 0.29) is 25.0 Å². The van der Waals surface area contributed by atoms with E-state index in [1.807, 2.05) is 37.8 Å². The number of benzene rings is 2. The zero-order valence-electron chi connectivity index (χ0n) is 24.9. The van der Waals surface area contributed by atoms with Gasteiger partial charge in [-0.25, -0.2) is 4.79 Å². The van der Waals surface area contributed by atoms with Crippen molar-refractivity contribution in [3.63, 3.8) is 0 Å². The number of carbonyl (C=O) groups is 1. The topological polar surface area (TPSA) is 88.2 Å². The molecule has 2 saturated heterocycles. The molecule has 0 spiro atoms. The molecule has 0 saturated carbocycles. The molecule has 10 nitrogen and oxygen atoms in total. The Bertz CT molecular complexity index is 1360. The van der Waals surface area contributed by atoms with E-state index in [0.29, 0.717) is 32.1 Å². The molecule has 2 aliphatic carbocycles. The van der Waals surface area contributed by atoms with Crippen LogP contribution >= 0.6 is 0 Å². The van der Waals surface area contributed by atoms with Gasteiger partial charge in [0.15, 0.2) is 23.0 Å². The van der Waals surface area contributed by atoms with Crippen molar-refractivity contribution >= 4 is 6.09 Å². The fraction of sp³-hybridized carbons (Fsp3) is 0.594. The Morgan fingerprint density at radius 2 is 1.31 bits per heavy atom. The average molecular weight is 581 g/mol. The van der Waals surface area contributed by atoms with Gasteiger partial charge in [-0.05, 0) is 63.9 Å². The molecule has 226 valence electrons. The number of nitrogens with zero attached hydrogens (tertiary/aromatic N) is 2. The van der Waals surface area contributed by atoms with Crippen molar-refractivity contribution in [3.05, 3.63) is 46.5 Å². The van der Waals surface area contributed by atoms with Gasteiger partial charge >= 0.3 is 6.09 Å². The van der Waals surface area contributed by atoms with Crippen LogP contribution in [0.25, 0.3) is 0 Å². The maximum atomic E-state index is 12.6. The Labute approximate surface area is 246 Å². The van der Waals surface area contributed by atoms with Crippen LogP contribution < -0.4 is 18.9 Å². The number of ether oxygens (including phenoxy) is 7. The molecule has 42 heavy (non-hydrogen) atoms. The van der Waals surface area contributed by atoms with Crippen LogP contribution in [0.4, 0.5) is 4.79 Å². The van der Waals surface area contributed by atoms with Gasteiger partial charge in [-0.2, -0.15) is 0 Å². The van der Waals surface area contributed by atoms with E-state index in [9.17, 15) is 4.79 Å². The fourth-order valence-electron chi connectivity index (χ4n) is 6.98. The van der Waals surface area contributed by atoms with Crippen LogP contribution in [0.15, 0.2) is 24.3 Å². The molecule has 2 fully saturated rings. The first-order valence-corrected chi connectivity index (χ1v) is 15.0. The lowest BCUT2D eigenvalue weighted by Gasteiger charge is -2.44. The van der Waals surface area contributed by atoms with Crippen LogP contribution in [0.5, 0.6) is 23.0 Å². The molecule has 1 amide bonds. The Morgan fingerprint density at radius 1 is 0.762 bits per heavy atom. The van der Waals surface area contributed by atoms with E-state index in [1.165, 1.54) is 16.7 Å². The van der Waals surface area contributed by atoms with E-state index >= 15 is 0 Å². The molecule has 2 aromatic rings. The largest absolute Gasteiger partial charge is 0.454 e. The highest BCUT2D eigenvalue weighted by Gasteiger charge is 2.42.